The first-order chi connectivity index (χ1) is 32.3. The number of hydrogen-bond acceptors (Lipinski definition) is 0. The fourth-order valence-corrected chi connectivity index (χ4v) is 12.2. The van der Waals surface area contributed by atoms with Crippen LogP contribution in [-0.2, 0) is 6.42 Å². The average molecular weight is 821 g/mol. The summed E-state index contributed by atoms with van der Waals surface area (Å²) in [5.41, 5.74) is 21.0. The summed E-state index contributed by atoms with van der Waals surface area (Å²) in [5.74, 6) is 0. The SMILES string of the molecule is C=C/C=c1/c2ccc3c4c(ccc(c5ccc6c(c15)Cc1c-6c(-c5ccccc5)c5ccccc5c1-c1ccccc1)c42)-c1c-3c(-c2ccccc2)c2ccccc2c1-c1ccccc1. The molecule has 2 aliphatic carbocycles. The lowest BCUT2D eigenvalue weighted by atomic mass is 9.82. The van der Waals surface area contributed by atoms with Gasteiger partial charge in [-0.25, -0.2) is 0 Å². The standard InChI is InChI=1S/C65H40/c1-2-19-43-49-34-36-52-63-53(65-59(42-26-13-6-14-27-42)47-31-18-17-30-46(47)58(64(52)65)41-24-11-5-12-25-41)37-35-50(61(49)63)48-32-33-51-54(60(43)48)38-55-56(39-20-7-3-8-21-39)44-28-15-16-29-45(44)57(62(51)55)40-22-9-4-10-23-40/h2-37H,1,38H2/b43-19-. The van der Waals surface area contributed by atoms with Gasteiger partial charge in [0.2, 0.25) is 0 Å². The third-order valence-electron chi connectivity index (χ3n) is 14.6. The van der Waals surface area contributed by atoms with Gasteiger partial charge in [0.1, 0.15) is 0 Å². The number of hydrogen-bond donors (Lipinski definition) is 0. The van der Waals surface area contributed by atoms with E-state index in [1.165, 1.54) is 148 Å². The van der Waals surface area contributed by atoms with Crippen LogP contribution in [-0.4, -0.2) is 0 Å². The molecule has 0 radical (unpaired) electrons. The van der Waals surface area contributed by atoms with Crippen molar-refractivity contribution in [3.8, 4) is 77.9 Å². The van der Waals surface area contributed by atoms with E-state index < -0.39 is 0 Å². The topological polar surface area (TPSA) is 0 Å². The quantitative estimate of drug-likeness (QED) is 0.120. The normalized spacial score (nSPS) is 12.7. The molecule has 0 bridgehead atoms. The zero-order valence-corrected chi connectivity index (χ0v) is 35.7. The van der Waals surface area contributed by atoms with Crippen molar-refractivity contribution in [3.05, 3.63) is 235 Å². The average Bonchev–Trinajstić information content (AvgIpc) is 3.92. The van der Waals surface area contributed by atoms with E-state index in [-0.39, 0.29) is 0 Å². The molecule has 0 amide bonds. The van der Waals surface area contributed by atoms with Crippen molar-refractivity contribution in [2.24, 2.45) is 0 Å². The molecule has 12 aromatic rings. The van der Waals surface area contributed by atoms with Gasteiger partial charge < -0.3 is 0 Å². The van der Waals surface area contributed by atoms with Crippen LogP contribution in [0.3, 0.4) is 0 Å². The molecule has 65 heavy (non-hydrogen) atoms. The molecule has 0 heteroatoms. The highest BCUT2D eigenvalue weighted by atomic mass is 14.4. The number of benzene rings is 12. The van der Waals surface area contributed by atoms with Crippen molar-refractivity contribution >= 4 is 59.9 Å². The van der Waals surface area contributed by atoms with E-state index in [0.29, 0.717) is 0 Å². The Labute approximate surface area is 377 Å². The van der Waals surface area contributed by atoms with Crippen molar-refractivity contribution in [1.82, 2.24) is 0 Å². The maximum absolute atomic E-state index is 4.35. The molecule has 0 unspecified atom stereocenters. The van der Waals surface area contributed by atoms with Gasteiger partial charge in [-0.05, 0) is 155 Å². The van der Waals surface area contributed by atoms with Gasteiger partial charge >= 0.3 is 0 Å². The summed E-state index contributed by atoms with van der Waals surface area (Å²) >= 11 is 0. The lowest BCUT2D eigenvalue weighted by molar-refractivity contribution is 1.29. The molecule has 0 aromatic heterocycles. The Kier molecular flexibility index (Phi) is 7.71. The molecular weight excluding hydrogens is 781 g/mol. The van der Waals surface area contributed by atoms with E-state index in [4.69, 9.17) is 0 Å². The van der Waals surface area contributed by atoms with Crippen molar-refractivity contribution in [2.75, 3.05) is 0 Å². The van der Waals surface area contributed by atoms with Gasteiger partial charge in [-0.2, -0.15) is 0 Å². The van der Waals surface area contributed by atoms with Crippen LogP contribution in [0.15, 0.2) is 219 Å². The van der Waals surface area contributed by atoms with Gasteiger partial charge in [-0.15, -0.1) is 0 Å². The minimum absolute atomic E-state index is 0.838. The summed E-state index contributed by atoms with van der Waals surface area (Å²) in [7, 11) is 0. The molecule has 0 saturated carbocycles. The third-order valence-corrected chi connectivity index (χ3v) is 14.6. The van der Waals surface area contributed by atoms with E-state index in [1.807, 2.05) is 6.08 Å². The van der Waals surface area contributed by atoms with E-state index >= 15 is 0 Å². The van der Waals surface area contributed by atoms with E-state index in [9.17, 15) is 0 Å². The molecule has 14 rings (SSSR count). The van der Waals surface area contributed by atoms with Crippen molar-refractivity contribution in [2.45, 2.75) is 6.42 Å². The van der Waals surface area contributed by atoms with Crippen LogP contribution in [0, 0.1) is 0 Å². The number of allylic oxidation sites excluding steroid dienone is 1. The molecule has 0 saturated heterocycles. The monoisotopic (exact) mass is 820 g/mol. The lowest BCUT2D eigenvalue weighted by Crippen LogP contribution is -2.08. The minimum Gasteiger partial charge on any atom is -0.0990 e. The molecular formula is C65H40. The minimum atomic E-state index is 0.838. The fourth-order valence-electron chi connectivity index (χ4n) is 12.2. The van der Waals surface area contributed by atoms with Crippen LogP contribution < -0.4 is 5.22 Å². The second kappa shape index (κ2) is 13.8. The Morgan fingerprint density at radius 3 is 1.14 bits per heavy atom. The molecule has 0 N–H and O–H groups in total. The third kappa shape index (κ3) is 4.97. The van der Waals surface area contributed by atoms with Crippen LogP contribution in [0.5, 0.6) is 0 Å². The Balaban J connectivity index is 1.12. The van der Waals surface area contributed by atoms with Gasteiger partial charge in [-0.3, -0.25) is 0 Å². The summed E-state index contributed by atoms with van der Waals surface area (Å²) < 4.78 is 0. The van der Waals surface area contributed by atoms with Gasteiger partial charge in [-0.1, -0.05) is 225 Å². The Morgan fingerprint density at radius 1 is 0.277 bits per heavy atom. The summed E-state index contributed by atoms with van der Waals surface area (Å²) in [5, 5.41) is 14.2. The molecule has 300 valence electrons. The highest BCUT2D eigenvalue weighted by Crippen LogP contribution is 2.60. The highest BCUT2D eigenvalue weighted by Gasteiger charge is 2.34. The smallest absolute Gasteiger partial charge is 0.0000433 e. The Morgan fingerprint density at radius 2 is 0.662 bits per heavy atom. The largest absolute Gasteiger partial charge is 0.0990 e. The molecule has 0 aliphatic heterocycles. The Bertz CT molecular complexity index is 3950. The van der Waals surface area contributed by atoms with Crippen molar-refractivity contribution in [1.29, 1.82) is 0 Å². The summed E-state index contributed by atoms with van der Waals surface area (Å²) in [6.07, 6.45) is 5.12. The fraction of sp³-hybridized carbons (Fsp3) is 0.0154. The van der Waals surface area contributed by atoms with Gasteiger partial charge in [0.25, 0.3) is 0 Å². The molecule has 0 nitrogen and oxygen atoms in total. The van der Waals surface area contributed by atoms with Crippen LogP contribution >= 0.6 is 0 Å². The first kappa shape index (κ1) is 36.2. The van der Waals surface area contributed by atoms with Gasteiger partial charge in [0.15, 0.2) is 0 Å². The second-order valence-corrected chi connectivity index (χ2v) is 17.7. The van der Waals surface area contributed by atoms with Crippen molar-refractivity contribution < 1.29 is 0 Å². The summed E-state index contributed by atoms with van der Waals surface area (Å²) in [6.45, 7) is 4.35. The summed E-state index contributed by atoms with van der Waals surface area (Å²) in [4.78, 5) is 0. The Hall–Kier alpha value is -8.32. The first-order valence-electron chi connectivity index (χ1n) is 22.8. The summed E-state index contributed by atoms with van der Waals surface area (Å²) in [6, 6.07) is 76.8. The van der Waals surface area contributed by atoms with Crippen molar-refractivity contribution in [3.63, 3.8) is 0 Å². The van der Waals surface area contributed by atoms with E-state index in [2.05, 4.69) is 219 Å². The molecule has 0 spiro atoms. The number of rotatable bonds is 5. The van der Waals surface area contributed by atoms with Gasteiger partial charge in [0.05, 0.1) is 0 Å². The zero-order valence-electron chi connectivity index (χ0n) is 35.7. The van der Waals surface area contributed by atoms with E-state index in [1.54, 1.807) is 0 Å². The second-order valence-electron chi connectivity index (χ2n) is 17.7. The number of fused-ring (bicyclic) bond motifs is 11. The first-order valence-corrected chi connectivity index (χ1v) is 22.8. The maximum atomic E-state index is 4.35. The van der Waals surface area contributed by atoms with Crippen LogP contribution in [0.2, 0.25) is 0 Å². The molecule has 0 atom stereocenters. The molecule has 12 aromatic carbocycles. The van der Waals surface area contributed by atoms with E-state index in [0.717, 1.165) is 6.42 Å². The lowest BCUT2D eigenvalue weighted by Gasteiger charge is -2.20. The van der Waals surface area contributed by atoms with Crippen LogP contribution in [0.4, 0.5) is 0 Å². The molecule has 2 aliphatic rings. The van der Waals surface area contributed by atoms with Crippen LogP contribution in [0.25, 0.3) is 138 Å². The highest BCUT2D eigenvalue weighted by molar-refractivity contribution is 6.35. The maximum Gasteiger partial charge on any atom is -0.0000433 e. The van der Waals surface area contributed by atoms with Crippen LogP contribution in [0.1, 0.15) is 11.1 Å². The molecule has 0 heterocycles. The molecule has 0 fully saturated rings. The predicted molar refractivity (Wildman–Crippen MR) is 278 cm³/mol. The zero-order chi connectivity index (χ0) is 42.8. The van der Waals surface area contributed by atoms with Gasteiger partial charge in [0, 0.05) is 0 Å². The predicted octanol–water partition coefficient (Wildman–Crippen LogP) is 17.0.